The van der Waals surface area contributed by atoms with Crippen LogP contribution in [0.1, 0.15) is 5.01 Å². The predicted molar refractivity (Wildman–Crippen MR) is 84.4 cm³/mol. The van der Waals surface area contributed by atoms with E-state index in [0.29, 0.717) is 5.69 Å². The Morgan fingerprint density at radius 1 is 1.24 bits per heavy atom. The third-order valence-corrected chi connectivity index (χ3v) is 5.28. The molecule has 0 unspecified atom stereocenters. The molecule has 5 nitrogen and oxygen atoms in total. The maximum absolute atomic E-state index is 12.3. The molecule has 3 aromatic rings. The molecule has 0 aliphatic heterocycles. The van der Waals surface area contributed by atoms with E-state index >= 15 is 0 Å². The molecule has 0 radical (unpaired) electrons. The smallest absolute Gasteiger partial charge is 0.262 e. The number of halogens is 1. The van der Waals surface area contributed by atoms with Crippen LogP contribution in [0.2, 0.25) is 5.15 Å². The first-order valence-corrected chi connectivity index (χ1v) is 8.63. The van der Waals surface area contributed by atoms with Gasteiger partial charge in [0, 0.05) is 6.20 Å². The highest BCUT2D eigenvalue weighted by Crippen LogP contribution is 2.26. The molecule has 1 N–H and O–H groups in total. The Labute approximate surface area is 130 Å². The number of benzene rings is 1. The van der Waals surface area contributed by atoms with Gasteiger partial charge in [0.05, 0.1) is 25.8 Å². The first-order valence-electron chi connectivity index (χ1n) is 5.96. The van der Waals surface area contributed by atoms with Crippen molar-refractivity contribution in [2.45, 2.75) is 11.8 Å². The SMILES string of the molecule is Cc1nc2ccc(NS(=O)(=O)c3ccnc(Cl)c3)cc2s1. The van der Waals surface area contributed by atoms with Gasteiger partial charge in [-0.15, -0.1) is 11.3 Å². The van der Waals surface area contributed by atoms with Crippen molar-refractivity contribution in [2.75, 3.05) is 4.72 Å². The summed E-state index contributed by atoms with van der Waals surface area (Å²) in [5.74, 6) is 0. The summed E-state index contributed by atoms with van der Waals surface area (Å²) in [6.45, 7) is 1.91. The van der Waals surface area contributed by atoms with Crippen molar-refractivity contribution in [3.05, 3.63) is 46.7 Å². The highest BCUT2D eigenvalue weighted by atomic mass is 35.5. The highest BCUT2D eigenvalue weighted by molar-refractivity contribution is 7.92. The van der Waals surface area contributed by atoms with Gasteiger partial charge in [0.2, 0.25) is 0 Å². The minimum Gasteiger partial charge on any atom is -0.280 e. The Balaban J connectivity index is 1.96. The van der Waals surface area contributed by atoms with Crippen LogP contribution in [0.4, 0.5) is 5.69 Å². The van der Waals surface area contributed by atoms with Gasteiger partial charge in [0.15, 0.2) is 0 Å². The van der Waals surface area contributed by atoms with E-state index in [1.807, 2.05) is 6.92 Å². The van der Waals surface area contributed by atoms with Crippen LogP contribution < -0.4 is 4.72 Å². The van der Waals surface area contributed by atoms with Crippen molar-refractivity contribution >= 4 is 48.9 Å². The summed E-state index contributed by atoms with van der Waals surface area (Å²) in [5, 5.41) is 1.07. The Bertz CT molecular complexity index is 922. The summed E-state index contributed by atoms with van der Waals surface area (Å²) >= 11 is 7.24. The average Bonchev–Trinajstić information content (AvgIpc) is 2.77. The van der Waals surface area contributed by atoms with E-state index in [9.17, 15) is 8.42 Å². The van der Waals surface area contributed by atoms with Crippen LogP contribution in [-0.4, -0.2) is 18.4 Å². The van der Waals surface area contributed by atoms with Crippen LogP contribution in [-0.2, 0) is 10.0 Å². The van der Waals surface area contributed by atoms with Gasteiger partial charge in [-0.2, -0.15) is 0 Å². The molecule has 0 saturated heterocycles. The lowest BCUT2D eigenvalue weighted by atomic mass is 10.3. The summed E-state index contributed by atoms with van der Waals surface area (Å²) in [6, 6.07) is 7.93. The van der Waals surface area contributed by atoms with Gasteiger partial charge in [-0.25, -0.2) is 18.4 Å². The van der Waals surface area contributed by atoms with Gasteiger partial charge >= 0.3 is 0 Å². The van der Waals surface area contributed by atoms with Crippen LogP contribution >= 0.6 is 22.9 Å². The minimum absolute atomic E-state index is 0.0723. The molecule has 2 heterocycles. The molecule has 0 atom stereocenters. The summed E-state index contributed by atoms with van der Waals surface area (Å²) in [4.78, 5) is 8.18. The molecule has 0 aliphatic carbocycles. The molecule has 3 rings (SSSR count). The molecular formula is C13H10ClN3O2S2. The van der Waals surface area contributed by atoms with Crippen molar-refractivity contribution < 1.29 is 8.42 Å². The average molecular weight is 340 g/mol. The maximum atomic E-state index is 12.3. The van der Waals surface area contributed by atoms with E-state index in [0.717, 1.165) is 15.2 Å². The number of anilines is 1. The second-order valence-corrected chi connectivity index (χ2v) is 7.64. The second-order valence-electron chi connectivity index (χ2n) is 4.34. The van der Waals surface area contributed by atoms with Gasteiger partial charge in [0.1, 0.15) is 5.15 Å². The number of sulfonamides is 1. The third kappa shape index (κ3) is 2.99. The zero-order valence-corrected chi connectivity index (χ0v) is 13.3. The Kier molecular flexibility index (Phi) is 3.56. The van der Waals surface area contributed by atoms with E-state index < -0.39 is 10.0 Å². The van der Waals surface area contributed by atoms with Gasteiger partial charge < -0.3 is 0 Å². The number of rotatable bonds is 3. The third-order valence-electron chi connectivity index (χ3n) is 2.76. The summed E-state index contributed by atoms with van der Waals surface area (Å²) in [6.07, 6.45) is 1.35. The fourth-order valence-corrected chi connectivity index (χ4v) is 4.04. The fourth-order valence-electron chi connectivity index (χ4n) is 1.87. The molecule has 0 amide bonds. The lowest BCUT2D eigenvalue weighted by molar-refractivity contribution is 0.601. The molecule has 21 heavy (non-hydrogen) atoms. The summed E-state index contributed by atoms with van der Waals surface area (Å²) in [5.41, 5.74) is 1.34. The summed E-state index contributed by atoms with van der Waals surface area (Å²) in [7, 11) is -3.69. The molecular weight excluding hydrogens is 330 g/mol. The molecule has 1 aromatic carbocycles. The number of nitrogens with zero attached hydrogens (tertiary/aromatic N) is 2. The van der Waals surface area contributed by atoms with Gasteiger partial charge in [0.25, 0.3) is 10.0 Å². The molecule has 0 fully saturated rings. The molecule has 0 aliphatic rings. The summed E-state index contributed by atoms with van der Waals surface area (Å²) < 4.78 is 28.0. The molecule has 0 bridgehead atoms. The molecule has 0 spiro atoms. The first-order chi connectivity index (χ1) is 9.94. The molecule has 8 heteroatoms. The van der Waals surface area contributed by atoms with E-state index in [2.05, 4.69) is 14.7 Å². The number of hydrogen-bond acceptors (Lipinski definition) is 5. The van der Waals surface area contributed by atoms with Crippen molar-refractivity contribution in [3.63, 3.8) is 0 Å². The molecule has 2 aromatic heterocycles. The number of thiazole rings is 1. The minimum atomic E-state index is -3.69. The van der Waals surface area contributed by atoms with E-state index in [4.69, 9.17) is 11.6 Å². The van der Waals surface area contributed by atoms with Crippen LogP contribution in [0.3, 0.4) is 0 Å². The topological polar surface area (TPSA) is 72.0 Å². The largest absolute Gasteiger partial charge is 0.280 e. The van der Waals surface area contributed by atoms with Crippen molar-refractivity contribution in [1.29, 1.82) is 0 Å². The van der Waals surface area contributed by atoms with Crippen molar-refractivity contribution in [3.8, 4) is 0 Å². The Morgan fingerprint density at radius 2 is 2.05 bits per heavy atom. The second kappa shape index (κ2) is 5.25. The lowest BCUT2D eigenvalue weighted by Crippen LogP contribution is -2.12. The van der Waals surface area contributed by atoms with Gasteiger partial charge in [-0.05, 0) is 37.3 Å². The zero-order valence-electron chi connectivity index (χ0n) is 10.9. The zero-order chi connectivity index (χ0) is 15.0. The molecule has 0 saturated carbocycles. The lowest BCUT2D eigenvalue weighted by Gasteiger charge is -2.08. The van der Waals surface area contributed by atoms with E-state index in [-0.39, 0.29) is 10.0 Å². The van der Waals surface area contributed by atoms with Gasteiger partial charge in [-0.1, -0.05) is 11.6 Å². The normalized spacial score (nSPS) is 11.7. The Hall–Kier alpha value is -1.70. The van der Waals surface area contributed by atoms with Crippen molar-refractivity contribution in [1.82, 2.24) is 9.97 Å². The van der Waals surface area contributed by atoms with Crippen LogP contribution in [0, 0.1) is 6.92 Å². The van der Waals surface area contributed by atoms with Crippen LogP contribution in [0.15, 0.2) is 41.4 Å². The van der Waals surface area contributed by atoms with Crippen LogP contribution in [0.5, 0.6) is 0 Å². The number of pyridine rings is 1. The first kappa shape index (κ1) is 14.2. The number of nitrogens with one attached hydrogen (secondary N) is 1. The number of aromatic nitrogens is 2. The van der Waals surface area contributed by atoms with E-state index in [1.165, 1.54) is 29.7 Å². The van der Waals surface area contributed by atoms with Crippen molar-refractivity contribution in [2.24, 2.45) is 0 Å². The van der Waals surface area contributed by atoms with E-state index in [1.54, 1.807) is 18.2 Å². The number of fused-ring (bicyclic) bond motifs is 1. The predicted octanol–water partition coefficient (Wildman–Crippen LogP) is 3.45. The van der Waals surface area contributed by atoms with Gasteiger partial charge in [-0.3, -0.25) is 4.72 Å². The molecule has 108 valence electrons. The standard InChI is InChI=1S/C13H10ClN3O2S2/c1-8-16-11-3-2-9(6-12(11)20-8)17-21(18,19)10-4-5-15-13(14)7-10/h2-7,17H,1H3. The number of hydrogen-bond donors (Lipinski definition) is 1. The monoisotopic (exact) mass is 339 g/mol. The highest BCUT2D eigenvalue weighted by Gasteiger charge is 2.15. The Morgan fingerprint density at radius 3 is 2.81 bits per heavy atom. The van der Waals surface area contributed by atoms with Crippen LogP contribution in [0.25, 0.3) is 10.2 Å². The number of aryl methyl sites for hydroxylation is 1. The maximum Gasteiger partial charge on any atom is 0.262 e. The fraction of sp³-hybridized carbons (Fsp3) is 0.0769. The quantitative estimate of drug-likeness (QED) is 0.742.